The first-order valence-electron chi connectivity index (χ1n) is 9.72. The number of carbonyl (C=O) groups is 1. The lowest BCUT2D eigenvalue weighted by Crippen LogP contribution is -2.39. The van der Waals surface area contributed by atoms with Crippen LogP contribution < -0.4 is 9.47 Å². The molecule has 1 aliphatic carbocycles. The van der Waals surface area contributed by atoms with E-state index in [1.54, 1.807) is 0 Å². The van der Waals surface area contributed by atoms with Crippen LogP contribution in [0.4, 0.5) is 4.39 Å². The van der Waals surface area contributed by atoms with Crippen LogP contribution in [0.1, 0.15) is 77.6 Å². The van der Waals surface area contributed by atoms with E-state index < -0.39 is 11.8 Å². The molecule has 0 atom stereocenters. The van der Waals surface area contributed by atoms with E-state index >= 15 is 0 Å². The number of carbonyl (C=O) groups excluding carboxylic acids is 1. The van der Waals surface area contributed by atoms with E-state index in [0.717, 1.165) is 25.7 Å². The molecular formula is C22H33FO4. The molecular weight excluding hydrogens is 347 g/mol. The van der Waals surface area contributed by atoms with E-state index in [1.807, 2.05) is 13.8 Å². The van der Waals surface area contributed by atoms with Gasteiger partial charge in [-0.05, 0) is 50.4 Å². The zero-order valence-electron chi connectivity index (χ0n) is 17.6. The number of rotatable bonds is 5. The third-order valence-corrected chi connectivity index (χ3v) is 5.94. The SMILES string of the molecule is COC(=O)c1cc(OC2CCC(C)(C(C)(C)C)CC2)c(F)cc1OC(C)C. The number of methoxy groups -OCH3 is 1. The molecule has 1 saturated carbocycles. The highest BCUT2D eigenvalue weighted by Gasteiger charge is 2.41. The van der Waals surface area contributed by atoms with Crippen LogP contribution in [0.2, 0.25) is 0 Å². The van der Waals surface area contributed by atoms with Gasteiger partial charge in [-0.25, -0.2) is 9.18 Å². The maximum Gasteiger partial charge on any atom is 0.341 e. The van der Waals surface area contributed by atoms with Gasteiger partial charge < -0.3 is 14.2 Å². The van der Waals surface area contributed by atoms with Crippen molar-refractivity contribution in [3.8, 4) is 11.5 Å². The molecule has 1 aliphatic rings. The lowest BCUT2D eigenvalue weighted by atomic mass is 9.60. The third-order valence-electron chi connectivity index (χ3n) is 5.94. The summed E-state index contributed by atoms with van der Waals surface area (Å²) in [5, 5.41) is 0. The standard InChI is InChI=1S/C22H33FO4/c1-14(2)26-18-13-17(23)19(12-16(18)20(24)25-7)27-15-8-10-22(6,11-9-15)21(3,4)5/h12-15H,8-11H2,1-7H3. The van der Waals surface area contributed by atoms with Gasteiger partial charge in [0.05, 0.1) is 19.3 Å². The molecule has 0 aliphatic heterocycles. The number of benzene rings is 1. The van der Waals surface area contributed by atoms with Gasteiger partial charge in [0, 0.05) is 12.1 Å². The first kappa shape index (κ1) is 21.5. The van der Waals surface area contributed by atoms with Crippen molar-refractivity contribution >= 4 is 5.97 Å². The Balaban J connectivity index is 2.19. The van der Waals surface area contributed by atoms with Crippen LogP contribution in [0.25, 0.3) is 0 Å². The molecule has 0 unspecified atom stereocenters. The Labute approximate surface area is 162 Å². The summed E-state index contributed by atoms with van der Waals surface area (Å²) in [6, 6.07) is 2.61. The Morgan fingerprint density at radius 1 is 1.19 bits per heavy atom. The molecule has 0 N–H and O–H groups in total. The first-order chi connectivity index (χ1) is 12.5. The Bertz CT molecular complexity index is 668. The Morgan fingerprint density at radius 2 is 1.78 bits per heavy atom. The fourth-order valence-electron chi connectivity index (χ4n) is 3.52. The zero-order valence-corrected chi connectivity index (χ0v) is 17.6. The summed E-state index contributed by atoms with van der Waals surface area (Å²) in [5.41, 5.74) is 0.646. The van der Waals surface area contributed by atoms with Gasteiger partial charge in [0.2, 0.25) is 0 Å². The van der Waals surface area contributed by atoms with Crippen molar-refractivity contribution in [2.75, 3.05) is 7.11 Å². The summed E-state index contributed by atoms with van der Waals surface area (Å²) in [7, 11) is 1.29. The molecule has 1 aromatic rings. The average molecular weight is 381 g/mol. The van der Waals surface area contributed by atoms with Gasteiger partial charge in [0.25, 0.3) is 0 Å². The van der Waals surface area contributed by atoms with E-state index in [4.69, 9.17) is 14.2 Å². The molecule has 1 aromatic carbocycles. The van der Waals surface area contributed by atoms with Crippen LogP contribution in [0.5, 0.6) is 11.5 Å². The van der Waals surface area contributed by atoms with Gasteiger partial charge in [-0.3, -0.25) is 0 Å². The van der Waals surface area contributed by atoms with Crippen molar-refractivity contribution in [3.05, 3.63) is 23.5 Å². The summed E-state index contributed by atoms with van der Waals surface area (Å²) in [4.78, 5) is 12.1. The fraction of sp³-hybridized carbons (Fsp3) is 0.682. The highest BCUT2D eigenvalue weighted by Crippen LogP contribution is 2.49. The Hall–Kier alpha value is -1.78. The number of hydrogen-bond donors (Lipinski definition) is 0. The lowest BCUT2D eigenvalue weighted by Gasteiger charge is -2.46. The van der Waals surface area contributed by atoms with E-state index in [2.05, 4.69) is 27.7 Å². The number of ether oxygens (including phenoxy) is 3. The summed E-state index contributed by atoms with van der Waals surface area (Å²) < 4.78 is 30.9. The number of halogens is 1. The molecule has 0 heterocycles. The van der Waals surface area contributed by atoms with Crippen molar-refractivity contribution in [2.24, 2.45) is 10.8 Å². The van der Waals surface area contributed by atoms with E-state index in [1.165, 1.54) is 19.2 Å². The molecule has 0 radical (unpaired) electrons. The molecule has 4 nitrogen and oxygen atoms in total. The highest BCUT2D eigenvalue weighted by atomic mass is 19.1. The van der Waals surface area contributed by atoms with Crippen LogP contribution >= 0.6 is 0 Å². The summed E-state index contributed by atoms with van der Waals surface area (Å²) in [6.07, 6.45) is 3.54. The van der Waals surface area contributed by atoms with E-state index in [-0.39, 0.29) is 40.1 Å². The summed E-state index contributed by atoms with van der Waals surface area (Å²) >= 11 is 0. The van der Waals surface area contributed by atoms with Crippen molar-refractivity contribution in [3.63, 3.8) is 0 Å². The molecule has 0 spiro atoms. The van der Waals surface area contributed by atoms with Crippen molar-refractivity contribution in [1.29, 1.82) is 0 Å². The predicted molar refractivity (Wildman–Crippen MR) is 104 cm³/mol. The molecule has 0 amide bonds. The van der Waals surface area contributed by atoms with Crippen LogP contribution in [0.15, 0.2) is 12.1 Å². The molecule has 0 saturated heterocycles. The molecule has 27 heavy (non-hydrogen) atoms. The van der Waals surface area contributed by atoms with Crippen molar-refractivity contribution < 1.29 is 23.4 Å². The second kappa shape index (κ2) is 8.07. The molecule has 2 rings (SSSR count). The molecule has 1 fully saturated rings. The van der Waals surface area contributed by atoms with Crippen LogP contribution in [-0.4, -0.2) is 25.3 Å². The normalized spacial score (nSPS) is 23.2. The number of esters is 1. The van der Waals surface area contributed by atoms with Gasteiger partial charge in [-0.2, -0.15) is 0 Å². The molecule has 0 aromatic heterocycles. The van der Waals surface area contributed by atoms with Crippen molar-refractivity contribution in [2.45, 2.75) is 79.4 Å². The van der Waals surface area contributed by atoms with Gasteiger partial charge >= 0.3 is 5.97 Å². The maximum absolute atomic E-state index is 14.6. The Morgan fingerprint density at radius 3 is 2.26 bits per heavy atom. The smallest absolute Gasteiger partial charge is 0.341 e. The third kappa shape index (κ3) is 4.94. The van der Waals surface area contributed by atoms with E-state index in [0.29, 0.717) is 0 Å². The highest BCUT2D eigenvalue weighted by molar-refractivity contribution is 5.93. The van der Waals surface area contributed by atoms with Gasteiger partial charge in [0.15, 0.2) is 11.6 Å². The zero-order chi connectivity index (χ0) is 20.4. The predicted octanol–water partition coefficient (Wildman–Crippen LogP) is 5.77. The molecule has 5 heteroatoms. The van der Waals surface area contributed by atoms with Crippen LogP contribution in [0, 0.1) is 16.6 Å². The van der Waals surface area contributed by atoms with Crippen molar-refractivity contribution in [1.82, 2.24) is 0 Å². The number of hydrogen-bond acceptors (Lipinski definition) is 4. The fourth-order valence-corrected chi connectivity index (χ4v) is 3.52. The van der Waals surface area contributed by atoms with E-state index in [9.17, 15) is 9.18 Å². The summed E-state index contributed by atoms with van der Waals surface area (Å²) in [6.45, 7) is 12.8. The minimum absolute atomic E-state index is 0.0581. The second-order valence-corrected chi connectivity index (χ2v) is 9.06. The first-order valence-corrected chi connectivity index (χ1v) is 9.72. The molecule has 152 valence electrons. The van der Waals surface area contributed by atoms with Gasteiger partial charge in [-0.15, -0.1) is 0 Å². The lowest BCUT2D eigenvalue weighted by molar-refractivity contribution is 0.0129. The van der Waals surface area contributed by atoms with Crippen LogP contribution in [-0.2, 0) is 4.74 Å². The topological polar surface area (TPSA) is 44.8 Å². The van der Waals surface area contributed by atoms with Gasteiger partial charge in [0.1, 0.15) is 11.3 Å². The quantitative estimate of drug-likeness (QED) is 0.608. The van der Waals surface area contributed by atoms with Gasteiger partial charge in [-0.1, -0.05) is 27.7 Å². The molecule has 0 bridgehead atoms. The minimum atomic E-state index is -0.570. The average Bonchev–Trinajstić information content (AvgIpc) is 2.57. The van der Waals surface area contributed by atoms with Crippen LogP contribution in [0.3, 0.4) is 0 Å². The largest absolute Gasteiger partial charge is 0.490 e. The monoisotopic (exact) mass is 380 g/mol. The summed E-state index contributed by atoms with van der Waals surface area (Å²) in [5.74, 6) is -0.844. The minimum Gasteiger partial charge on any atom is -0.490 e. The second-order valence-electron chi connectivity index (χ2n) is 9.06. The Kier molecular flexibility index (Phi) is 6.43. The maximum atomic E-state index is 14.6.